The van der Waals surface area contributed by atoms with E-state index in [1.165, 1.54) is 7.05 Å². The lowest BCUT2D eigenvalue weighted by Crippen LogP contribution is -2.42. The minimum Gasteiger partial charge on any atom is -0.480 e. The smallest absolute Gasteiger partial charge is 0.410 e. The van der Waals surface area contributed by atoms with Gasteiger partial charge in [0.05, 0.1) is 0 Å². The number of nitrogens with zero attached hydrogens (tertiary/aromatic N) is 1. The van der Waals surface area contributed by atoms with E-state index in [0.717, 1.165) is 16.9 Å². The van der Waals surface area contributed by atoms with Crippen LogP contribution in [0.1, 0.15) is 24.8 Å². The second-order valence-corrected chi connectivity index (χ2v) is 4.79. The molecule has 6 heteroatoms. The van der Waals surface area contributed by atoms with Gasteiger partial charge in [-0.1, -0.05) is 30.3 Å². The highest BCUT2D eigenvalue weighted by Crippen LogP contribution is 2.10. The van der Waals surface area contributed by atoms with Gasteiger partial charge in [-0.15, -0.1) is 0 Å². The van der Waals surface area contributed by atoms with E-state index in [0.29, 0.717) is 19.4 Å². The summed E-state index contributed by atoms with van der Waals surface area (Å²) in [5.74, 6) is -1.04. The Labute approximate surface area is 124 Å². The molecular formula is C15H22N2O4. The second kappa shape index (κ2) is 8.97. The molecule has 0 saturated carbocycles. The van der Waals surface area contributed by atoms with Gasteiger partial charge in [0.2, 0.25) is 0 Å². The average molecular weight is 294 g/mol. The molecule has 1 atom stereocenters. The number of nitrogens with two attached hydrogens (primary N) is 1. The third kappa shape index (κ3) is 5.83. The van der Waals surface area contributed by atoms with Gasteiger partial charge in [0, 0.05) is 7.05 Å². The van der Waals surface area contributed by atoms with Crippen LogP contribution in [0.5, 0.6) is 0 Å². The SMILES string of the molecule is CN(C(=O)OCc1ccccc1)[C@H](CCCCN)C(=O)O. The first-order valence-corrected chi connectivity index (χ1v) is 6.92. The molecule has 0 bridgehead atoms. The summed E-state index contributed by atoms with van der Waals surface area (Å²) in [6.07, 6.45) is 1.11. The van der Waals surface area contributed by atoms with Crippen molar-refractivity contribution in [2.75, 3.05) is 13.6 Å². The summed E-state index contributed by atoms with van der Waals surface area (Å²) in [4.78, 5) is 24.3. The lowest BCUT2D eigenvalue weighted by Gasteiger charge is -2.24. The molecule has 0 radical (unpaired) electrons. The number of rotatable bonds is 8. The summed E-state index contributed by atoms with van der Waals surface area (Å²) in [7, 11) is 1.44. The van der Waals surface area contributed by atoms with Crippen LogP contribution < -0.4 is 5.73 Å². The van der Waals surface area contributed by atoms with Crippen LogP contribution in [0.3, 0.4) is 0 Å². The van der Waals surface area contributed by atoms with Crippen molar-refractivity contribution in [3.63, 3.8) is 0 Å². The molecule has 21 heavy (non-hydrogen) atoms. The number of carbonyl (C=O) groups excluding carboxylic acids is 1. The normalized spacial score (nSPS) is 11.7. The number of benzene rings is 1. The van der Waals surface area contributed by atoms with E-state index in [-0.39, 0.29) is 6.61 Å². The van der Waals surface area contributed by atoms with E-state index in [9.17, 15) is 14.7 Å². The van der Waals surface area contributed by atoms with Crippen LogP contribution in [0.2, 0.25) is 0 Å². The summed E-state index contributed by atoms with van der Waals surface area (Å²) in [5.41, 5.74) is 6.24. The number of hydrogen-bond acceptors (Lipinski definition) is 4. The van der Waals surface area contributed by atoms with E-state index in [2.05, 4.69) is 0 Å². The van der Waals surface area contributed by atoms with Crippen LogP contribution in [-0.4, -0.2) is 41.7 Å². The summed E-state index contributed by atoms with van der Waals surface area (Å²) in [6, 6.07) is 8.35. The van der Waals surface area contributed by atoms with E-state index in [1.807, 2.05) is 30.3 Å². The summed E-state index contributed by atoms with van der Waals surface area (Å²) in [5, 5.41) is 9.20. The third-order valence-electron chi connectivity index (χ3n) is 3.18. The molecular weight excluding hydrogens is 272 g/mol. The number of hydrogen-bond donors (Lipinski definition) is 2. The molecule has 6 nitrogen and oxygen atoms in total. The minimum atomic E-state index is -1.04. The molecule has 1 aromatic rings. The molecule has 0 aliphatic rings. The van der Waals surface area contributed by atoms with Crippen molar-refractivity contribution in [2.45, 2.75) is 31.9 Å². The van der Waals surface area contributed by atoms with Gasteiger partial charge in [-0.25, -0.2) is 9.59 Å². The predicted molar refractivity (Wildman–Crippen MR) is 78.7 cm³/mol. The molecule has 0 spiro atoms. The molecule has 0 heterocycles. The summed E-state index contributed by atoms with van der Waals surface area (Å²) < 4.78 is 5.13. The maximum atomic E-state index is 11.9. The molecule has 0 fully saturated rings. The van der Waals surface area contributed by atoms with Crippen molar-refractivity contribution < 1.29 is 19.4 Å². The largest absolute Gasteiger partial charge is 0.480 e. The Morgan fingerprint density at radius 2 is 1.95 bits per heavy atom. The second-order valence-electron chi connectivity index (χ2n) is 4.79. The Morgan fingerprint density at radius 1 is 1.29 bits per heavy atom. The number of carboxylic acids is 1. The first kappa shape index (κ1) is 17.0. The Kier molecular flexibility index (Phi) is 7.25. The van der Waals surface area contributed by atoms with Crippen molar-refractivity contribution >= 4 is 12.1 Å². The predicted octanol–water partition coefficient (Wildman–Crippen LogP) is 1.84. The van der Waals surface area contributed by atoms with Gasteiger partial charge in [-0.2, -0.15) is 0 Å². The van der Waals surface area contributed by atoms with Gasteiger partial charge < -0.3 is 15.6 Å². The molecule has 1 amide bonds. The quantitative estimate of drug-likeness (QED) is 0.714. The van der Waals surface area contributed by atoms with Crippen LogP contribution in [0, 0.1) is 0 Å². The van der Waals surface area contributed by atoms with Crippen molar-refractivity contribution in [1.82, 2.24) is 4.90 Å². The number of likely N-dealkylation sites (N-methyl/N-ethyl adjacent to an activating group) is 1. The highest BCUT2D eigenvalue weighted by atomic mass is 16.6. The van der Waals surface area contributed by atoms with Crippen LogP contribution in [0.15, 0.2) is 30.3 Å². The number of amides is 1. The fourth-order valence-electron chi connectivity index (χ4n) is 1.91. The van der Waals surface area contributed by atoms with Gasteiger partial charge in [0.25, 0.3) is 0 Å². The van der Waals surface area contributed by atoms with Crippen LogP contribution >= 0.6 is 0 Å². The monoisotopic (exact) mass is 294 g/mol. The van der Waals surface area contributed by atoms with Gasteiger partial charge in [0.15, 0.2) is 0 Å². The number of aliphatic carboxylic acids is 1. The third-order valence-corrected chi connectivity index (χ3v) is 3.18. The van der Waals surface area contributed by atoms with E-state index < -0.39 is 18.1 Å². The average Bonchev–Trinajstić information content (AvgIpc) is 2.49. The lowest BCUT2D eigenvalue weighted by molar-refractivity contribution is -0.142. The number of carboxylic acid groups (broad SMARTS) is 1. The number of unbranched alkanes of at least 4 members (excludes halogenated alkanes) is 1. The van der Waals surface area contributed by atoms with Crippen molar-refractivity contribution in [3.05, 3.63) is 35.9 Å². The van der Waals surface area contributed by atoms with E-state index in [1.54, 1.807) is 0 Å². The Hall–Kier alpha value is -2.08. The zero-order chi connectivity index (χ0) is 15.7. The van der Waals surface area contributed by atoms with E-state index in [4.69, 9.17) is 10.5 Å². The maximum absolute atomic E-state index is 11.9. The molecule has 0 aliphatic heterocycles. The number of ether oxygens (including phenoxy) is 1. The van der Waals surface area contributed by atoms with Crippen LogP contribution in [-0.2, 0) is 16.1 Å². The van der Waals surface area contributed by atoms with Crippen molar-refractivity contribution in [3.8, 4) is 0 Å². The molecule has 0 aromatic heterocycles. The minimum absolute atomic E-state index is 0.124. The van der Waals surface area contributed by atoms with Crippen molar-refractivity contribution in [1.29, 1.82) is 0 Å². The lowest BCUT2D eigenvalue weighted by atomic mass is 10.1. The van der Waals surface area contributed by atoms with Gasteiger partial charge in [-0.05, 0) is 31.4 Å². The summed E-state index contributed by atoms with van der Waals surface area (Å²) >= 11 is 0. The Balaban J connectivity index is 2.51. The fraction of sp³-hybridized carbons (Fsp3) is 0.467. The molecule has 3 N–H and O–H groups in total. The highest BCUT2D eigenvalue weighted by molar-refractivity contribution is 5.79. The standard InChI is InChI=1S/C15H22N2O4/c1-17(13(14(18)19)9-5-6-10-16)15(20)21-11-12-7-3-2-4-8-12/h2-4,7-8,13H,5-6,9-11,16H2,1H3,(H,18,19)/t13-/m1/s1. The van der Waals surface area contributed by atoms with Gasteiger partial charge in [-0.3, -0.25) is 4.90 Å². The number of carbonyl (C=O) groups is 2. The molecule has 116 valence electrons. The zero-order valence-electron chi connectivity index (χ0n) is 12.2. The maximum Gasteiger partial charge on any atom is 0.410 e. The van der Waals surface area contributed by atoms with Crippen molar-refractivity contribution in [2.24, 2.45) is 5.73 Å². The van der Waals surface area contributed by atoms with Gasteiger partial charge >= 0.3 is 12.1 Å². The molecule has 0 unspecified atom stereocenters. The first-order chi connectivity index (χ1) is 10.1. The topological polar surface area (TPSA) is 92.9 Å². The first-order valence-electron chi connectivity index (χ1n) is 6.92. The molecule has 0 aliphatic carbocycles. The van der Waals surface area contributed by atoms with Crippen LogP contribution in [0.4, 0.5) is 4.79 Å². The fourth-order valence-corrected chi connectivity index (χ4v) is 1.91. The molecule has 1 aromatic carbocycles. The zero-order valence-corrected chi connectivity index (χ0v) is 12.2. The van der Waals surface area contributed by atoms with E-state index >= 15 is 0 Å². The highest BCUT2D eigenvalue weighted by Gasteiger charge is 2.26. The Morgan fingerprint density at radius 3 is 2.52 bits per heavy atom. The van der Waals surface area contributed by atoms with Crippen LogP contribution in [0.25, 0.3) is 0 Å². The molecule has 0 saturated heterocycles. The molecule has 1 rings (SSSR count). The van der Waals surface area contributed by atoms with Gasteiger partial charge in [0.1, 0.15) is 12.6 Å². The summed E-state index contributed by atoms with van der Waals surface area (Å²) in [6.45, 7) is 0.633. The Bertz CT molecular complexity index is 450.